The second-order valence-corrected chi connectivity index (χ2v) is 6.74. The Morgan fingerprint density at radius 1 is 1.37 bits per heavy atom. The van der Waals surface area contributed by atoms with Crippen molar-refractivity contribution in [1.29, 1.82) is 0 Å². The molecule has 0 saturated carbocycles. The van der Waals surface area contributed by atoms with Crippen LogP contribution in [0.4, 0.5) is 13.2 Å². The van der Waals surface area contributed by atoms with E-state index in [1.807, 2.05) is 0 Å². The van der Waals surface area contributed by atoms with E-state index in [9.17, 15) is 21.6 Å². The van der Waals surface area contributed by atoms with Gasteiger partial charge in [-0.2, -0.15) is 17.5 Å². The zero-order valence-electron chi connectivity index (χ0n) is 10.3. The summed E-state index contributed by atoms with van der Waals surface area (Å²) in [5.74, 6) is 0.0626. The SMILES string of the molecule is CC1CCS(=O)(=O)N1Cc1cccc(C(F)(F)F)c1. The molecule has 19 heavy (non-hydrogen) atoms. The van der Waals surface area contributed by atoms with Gasteiger partial charge in [0.2, 0.25) is 10.0 Å². The van der Waals surface area contributed by atoms with Crippen LogP contribution in [0, 0.1) is 0 Å². The van der Waals surface area contributed by atoms with Crippen LogP contribution >= 0.6 is 0 Å². The lowest BCUT2D eigenvalue weighted by Crippen LogP contribution is -2.30. The van der Waals surface area contributed by atoms with Gasteiger partial charge in [0.05, 0.1) is 11.3 Å². The molecule has 2 rings (SSSR count). The fourth-order valence-electron chi connectivity index (χ4n) is 2.14. The maximum atomic E-state index is 12.6. The molecule has 0 aliphatic carbocycles. The molecule has 1 fully saturated rings. The molecule has 1 aliphatic rings. The van der Waals surface area contributed by atoms with Gasteiger partial charge in [-0.1, -0.05) is 18.2 Å². The summed E-state index contributed by atoms with van der Waals surface area (Å²) in [6, 6.07) is 4.62. The van der Waals surface area contributed by atoms with E-state index in [0.717, 1.165) is 12.1 Å². The Morgan fingerprint density at radius 2 is 2.05 bits per heavy atom. The van der Waals surface area contributed by atoms with Crippen molar-refractivity contribution in [2.24, 2.45) is 0 Å². The first-order valence-corrected chi connectivity index (χ1v) is 7.47. The summed E-state index contributed by atoms with van der Waals surface area (Å²) in [6.07, 6.45) is -3.90. The van der Waals surface area contributed by atoms with E-state index in [1.54, 1.807) is 6.92 Å². The number of rotatable bonds is 2. The van der Waals surface area contributed by atoms with Crippen LogP contribution in [0.25, 0.3) is 0 Å². The second kappa shape index (κ2) is 4.79. The van der Waals surface area contributed by atoms with Crippen LogP contribution in [0.2, 0.25) is 0 Å². The van der Waals surface area contributed by atoms with Crippen molar-refractivity contribution in [3.8, 4) is 0 Å². The number of hydrogen-bond donors (Lipinski definition) is 0. The van der Waals surface area contributed by atoms with Crippen LogP contribution in [0.3, 0.4) is 0 Å². The topological polar surface area (TPSA) is 37.4 Å². The van der Waals surface area contributed by atoms with Gasteiger partial charge in [-0.25, -0.2) is 8.42 Å². The van der Waals surface area contributed by atoms with Crippen molar-refractivity contribution >= 4 is 10.0 Å². The molecule has 0 spiro atoms. The molecule has 1 unspecified atom stereocenters. The molecule has 0 bridgehead atoms. The Bertz CT molecular complexity index is 569. The number of benzene rings is 1. The molecule has 7 heteroatoms. The molecule has 1 aromatic rings. The third-order valence-electron chi connectivity index (χ3n) is 3.24. The summed E-state index contributed by atoms with van der Waals surface area (Å²) in [5, 5.41) is 0. The minimum atomic E-state index is -4.41. The highest BCUT2D eigenvalue weighted by atomic mass is 32.2. The molecule has 0 aromatic heterocycles. The minimum absolute atomic E-state index is 0.00653. The average Bonchev–Trinajstić information content (AvgIpc) is 2.56. The quantitative estimate of drug-likeness (QED) is 0.840. The van der Waals surface area contributed by atoms with Crippen LogP contribution < -0.4 is 0 Å². The van der Waals surface area contributed by atoms with Gasteiger partial charge in [0.1, 0.15) is 0 Å². The molecular formula is C12H14F3NO2S. The van der Waals surface area contributed by atoms with Gasteiger partial charge in [-0.05, 0) is 25.0 Å². The van der Waals surface area contributed by atoms with Gasteiger partial charge < -0.3 is 0 Å². The first kappa shape index (κ1) is 14.3. The van der Waals surface area contributed by atoms with E-state index in [1.165, 1.54) is 16.4 Å². The van der Waals surface area contributed by atoms with Crippen LogP contribution in [-0.4, -0.2) is 24.5 Å². The molecular weight excluding hydrogens is 279 g/mol. The summed E-state index contributed by atoms with van der Waals surface area (Å²) in [5.41, 5.74) is -0.401. The zero-order chi connectivity index (χ0) is 14.3. The Morgan fingerprint density at radius 3 is 2.58 bits per heavy atom. The van der Waals surface area contributed by atoms with Gasteiger partial charge in [-0.3, -0.25) is 0 Å². The van der Waals surface area contributed by atoms with Gasteiger partial charge >= 0.3 is 6.18 Å². The summed E-state index contributed by atoms with van der Waals surface area (Å²) in [4.78, 5) is 0. The number of halogens is 3. The summed E-state index contributed by atoms with van der Waals surface area (Å²) < 4.78 is 62.5. The monoisotopic (exact) mass is 293 g/mol. The normalized spacial score (nSPS) is 23.7. The average molecular weight is 293 g/mol. The van der Waals surface area contributed by atoms with Crippen molar-refractivity contribution in [2.45, 2.75) is 32.1 Å². The molecule has 1 saturated heterocycles. The Hall–Kier alpha value is -1.08. The minimum Gasteiger partial charge on any atom is -0.212 e. The Balaban J connectivity index is 2.25. The molecule has 106 valence electrons. The molecule has 1 aromatic carbocycles. The fraction of sp³-hybridized carbons (Fsp3) is 0.500. The van der Waals surface area contributed by atoms with Crippen molar-refractivity contribution < 1.29 is 21.6 Å². The second-order valence-electron chi connectivity index (χ2n) is 4.70. The van der Waals surface area contributed by atoms with Gasteiger partial charge in [0.25, 0.3) is 0 Å². The Kier molecular flexibility index (Phi) is 3.61. The van der Waals surface area contributed by atoms with Crippen LogP contribution in [0.15, 0.2) is 24.3 Å². The summed E-state index contributed by atoms with van der Waals surface area (Å²) in [6.45, 7) is 1.76. The number of hydrogen-bond acceptors (Lipinski definition) is 2. The van der Waals surface area contributed by atoms with Crippen molar-refractivity contribution in [1.82, 2.24) is 4.31 Å². The van der Waals surface area contributed by atoms with Crippen LogP contribution in [0.1, 0.15) is 24.5 Å². The van der Waals surface area contributed by atoms with Crippen molar-refractivity contribution in [3.63, 3.8) is 0 Å². The third kappa shape index (κ3) is 3.09. The summed E-state index contributed by atoms with van der Waals surface area (Å²) in [7, 11) is -3.33. The molecule has 1 atom stereocenters. The maximum absolute atomic E-state index is 12.6. The van der Waals surface area contributed by atoms with Crippen LogP contribution in [-0.2, 0) is 22.7 Å². The van der Waals surface area contributed by atoms with Gasteiger partial charge in [-0.15, -0.1) is 0 Å². The van der Waals surface area contributed by atoms with E-state index < -0.39 is 21.8 Å². The molecule has 0 amide bonds. The highest BCUT2D eigenvalue weighted by molar-refractivity contribution is 7.89. The highest BCUT2D eigenvalue weighted by Gasteiger charge is 2.35. The van der Waals surface area contributed by atoms with Crippen LogP contribution in [0.5, 0.6) is 0 Å². The predicted molar refractivity (Wildman–Crippen MR) is 64.9 cm³/mol. The standard InChI is InChI=1S/C12H14F3NO2S/c1-9-5-6-19(17,18)16(9)8-10-3-2-4-11(7-10)12(13,14)15/h2-4,7,9H,5-6,8H2,1H3. The fourth-order valence-corrected chi connectivity index (χ4v) is 4.01. The third-order valence-corrected chi connectivity index (χ3v) is 5.19. The number of alkyl halides is 3. The molecule has 3 nitrogen and oxygen atoms in total. The van der Waals surface area contributed by atoms with E-state index in [2.05, 4.69) is 0 Å². The largest absolute Gasteiger partial charge is 0.416 e. The first-order chi connectivity index (χ1) is 8.70. The maximum Gasteiger partial charge on any atom is 0.416 e. The lowest BCUT2D eigenvalue weighted by molar-refractivity contribution is -0.137. The van der Waals surface area contributed by atoms with E-state index in [-0.39, 0.29) is 18.3 Å². The van der Waals surface area contributed by atoms with Gasteiger partial charge in [0.15, 0.2) is 0 Å². The molecule has 0 N–H and O–H groups in total. The van der Waals surface area contributed by atoms with Gasteiger partial charge in [0, 0.05) is 12.6 Å². The molecule has 1 aliphatic heterocycles. The number of sulfonamides is 1. The smallest absolute Gasteiger partial charge is 0.212 e. The molecule has 0 radical (unpaired) electrons. The van der Waals surface area contributed by atoms with E-state index in [4.69, 9.17) is 0 Å². The lowest BCUT2D eigenvalue weighted by atomic mass is 10.1. The predicted octanol–water partition coefficient (Wildman–Crippen LogP) is 2.63. The van der Waals surface area contributed by atoms with Crippen molar-refractivity contribution in [2.75, 3.05) is 5.75 Å². The Labute approximate surface area is 110 Å². The van der Waals surface area contributed by atoms with Crippen molar-refractivity contribution in [3.05, 3.63) is 35.4 Å². The van der Waals surface area contributed by atoms with E-state index >= 15 is 0 Å². The summed E-state index contributed by atoms with van der Waals surface area (Å²) >= 11 is 0. The van der Waals surface area contributed by atoms with E-state index in [0.29, 0.717) is 12.0 Å². The lowest BCUT2D eigenvalue weighted by Gasteiger charge is -2.20. The first-order valence-electron chi connectivity index (χ1n) is 5.86. The molecule has 1 heterocycles. The highest BCUT2D eigenvalue weighted by Crippen LogP contribution is 2.30. The zero-order valence-corrected chi connectivity index (χ0v) is 11.1. The number of nitrogens with zero attached hydrogens (tertiary/aromatic N) is 1.